The lowest BCUT2D eigenvalue weighted by Crippen LogP contribution is -2.53. The number of aromatic amines is 1. The van der Waals surface area contributed by atoms with Crippen LogP contribution in [0.15, 0.2) is 12.5 Å². The molecule has 0 aliphatic rings. The van der Waals surface area contributed by atoms with Crippen molar-refractivity contribution < 1.29 is 24.6 Å². The number of H-pyrrole nitrogens is 1. The molecule has 0 aliphatic carbocycles. The Kier molecular flexibility index (Phi) is 5.66. The van der Waals surface area contributed by atoms with Crippen molar-refractivity contribution in [3.05, 3.63) is 18.2 Å². The van der Waals surface area contributed by atoms with E-state index in [1.165, 1.54) is 19.4 Å². The van der Waals surface area contributed by atoms with Crippen LogP contribution in [-0.4, -0.2) is 56.7 Å². The Morgan fingerprint density at radius 2 is 2.05 bits per heavy atom. The number of carbonyl (C=O) groups excluding carboxylic acids is 2. The Hall–Kier alpha value is -2.42. The van der Waals surface area contributed by atoms with E-state index in [2.05, 4.69) is 20.6 Å². The number of hydrogen-bond acceptors (Lipinski definition) is 5. The summed E-state index contributed by atoms with van der Waals surface area (Å²) < 4.78 is 0. The van der Waals surface area contributed by atoms with Gasteiger partial charge in [-0.25, -0.2) is 9.78 Å². The number of carboxylic acid groups (broad SMARTS) is 1. The smallest absolute Gasteiger partial charge is 0.328 e. The predicted molar refractivity (Wildman–Crippen MR) is 66.5 cm³/mol. The molecule has 0 fully saturated rings. The first kappa shape index (κ1) is 15.6. The van der Waals surface area contributed by atoms with Crippen molar-refractivity contribution in [2.45, 2.75) is 25.4 Å². The topological polar surface area (TPSA) is 144 Å². The van der Waals surface area contributed by atoms with Crippen molar-refractivity contribution in [1.29, 1.82) is 0 Å². The molecule has 0 unspecified atom stereocenters. The summed E-state index contributed by atoms with van der Waals surface area (Å²) in [6.45, 7) is 0.506. The van der Waals surface area contributed by atoms with Crippen LogP contribution in [-0.2, 0) is 20.8 Å². The van der Waals surface area contributed by atoms with Crippen LogP contribution in [0.3, 0.4) is 0 Å². The number of aliphatic carboxylic acids is 1. The lowest BCUT2D eigenvalue weighted by molar-refractivity contribution is -0.143. The Labute approximate surface area is 114 Å². The average molecular weight is 284 g/mol. The van der Waals surface area contributed by atoms with E-state index < -0.39 is 36.5 Å². The fraction of sp³-hybridized carbons (Fsp3) is 0.455. The monoisotopic (exact) mass is 284 g/mol. The third kappa shape index (κ3) is 4.69. The number of aromatic nitrogens is 2. The third-order valence-corrected chi connectivity index (χ3v) is 2.47. The molecule has 5 N–H and O–H groups in total. The molecular weight excluding hydrogens is 268 g/mol. The average Bonchev–Trinajstić information content (AvgIpc) is 2.86. The van der Waals surface area contributed by atoms with Gasteiger partial charge < -0.3 is 25.8 Å². The van der Waals surface area contributed by atoms with Gasteiger partial charge in [0.05, 0.1) is 12.9 Å². The lowest BCUT2D eigenvalue weighted by atomic mass is 10.1. The number of nitrogens with one attached hydrogen (secondary N) is 3. The second-order valence-corrected chi connectivity index (χ2v) is 4.12. The van der Waals surface area contributed by atoms with Crippen molar-refractivity contribution >= 4 is 17.8 Å². The highest BCUT2D eigenvalue weighted by molar-refractivity contribution is 5.90. The Morgan fingerprint density at radius 3 is 2.50 bits per heavy atom. The van der Waals surface area contributed by atoms with Crippen LogP contribution in [0.2, 0.25) is 0 Å². The molecule has 0 saturated carbocycles. The maximum absolute atomic E-state index is 11.9. The summed E-state index contributed by atoms with van der Waals surface area (Å²) in [5.41, 5.74) is 0.606. The quantitative estimate of drug-likeness (QED) is 0.392. The minimum atomic E-state index is -1.42. The molecule has 1 heterocycles. The number of carboxylic acids is 1. The maximum Gasteiger partial charge on any atom is 0.328 e. The van der Waals surface area contributed by atoms with Crippen LogP contribution in [0.4, 0.5) is 0 Å². The zero-order chi connectivity index (χ0) is 15.1. The second kappa shape index (κ2) is 7.24. The molecule has 1 rings (SSSR count). The largest absolute Gasteiger partial charge is 0.480 e. The predicted octanol–water partition coefficient (Wildman–Crippen LogP) is -1.98. The Morgan fingerprint density at radius 1 is 1.35 bits per heavy atom. The fourth-order valence-corrected chi connectivity index (χ4v) is 1.53. The van der Waals surface area contributed by atoms with Gasteiger partial charge in [-0.1, -0.05) is 0 Å². The highest BCUT2D eigenvalue weighted by Gasteiger charge is 2.25. The van der Waals surface area contributed by atoms with Crippen molar-refractivity contribution in [3.8, 4) is 0 Å². The zero-order valence-electron chi connectivity index (χ0n) is 10.8. The summed E-state index contributed by atoms with van der Waals surface area (Å²) in [7, 11) is 0. The summed E-state index contributed by atoms with van der Waals surface area (Å²) in [5.74, 6) is -2.49. The molecule has 1 aromatic heterocycles. The molecule has 20 heavy (non-hydrogen) atoms. The first-order valence-electron chi connectivity index (χ1n) is 5.82. The van der Waals surface area contributed by atoms with Gasteiger partial charge in [0.25, 0.3) is 0 Å². The van der Waals surface area contributed by atoms with E-state index >= 15 is 0 Å². The molecular formula is C11H16N4O5. The van der Waals surface area contributed by atoms with Crippen LogP contribution in [0.1, 0.15) is 12.6 Å². The third-order valence-electron chi connectivity index (χ3n) is 2.47. The van der Waals surface area contributed by atoms with Gasteiger partial charge in [-0.15, -0.1) is 0 Å². The molecule has 9 heteroatoms. The normalized spacial score (nSPS) is 13.3. The van der Waals surface area contributed by atoms with Gasteiger partial charge in [-0.2, -0.15) is 0 Å². The molecule has 0 saturated heterocycles. The summed E-state index contributed by atoms with van der Waals surface area (Å²) in [4.78, 5) is 40.4. The van der Waals surface area contributed by atoms with Gasteiger partial charge in [0.2, 0.25) is 11.8 Å². The number of hydrogen-bond donors (Lipinski definition) is 5. The molecule has 0 bridgehead atoms. The molecule has 1 aromatic rings. The number of aliphatic hydroxyl groups is 1. The molecule has 9 nitrogen and oxygen atoms in total. The highest BCUT2D eigenvalue weighted by Crippen LogP contribution is 2.00. The summed E-state index contributed by atoms with van der Waals surface area (Å²) in [5, 5.41) is 22.2. The summed E-state index contributed by atoms with van der Waals surface area (Å²) >= 11 is 0. The summed E-state index contributed by atoms with van der Waals surface area (Å²) in [6.07, 6.45) is 3.04. The van der Waals surface area contributed by atoms with Crippen molar-refractivity contribution in [2.75, 3.05) is 6.61 Å². The fourth-order valence-electron chi connectivity index (χ4n) is 1.53. The summed E-state index contributed by atoms with van der Waals surface area (Å²) in [6, 6.07) is -2.37. The van der Waals surface area contributed by atoms with Gasteiger partial charge in [-0.3, -0.25) is 9.59 Å². The Balaban J connectivity index is 2.73. The lowest BCUT2D eigenvalue weighted by Gasteiger charge is -2.19. The van der Waals surface area contributed by atoms with E-state index in [0.717, 1.165) is 0 Å². The zero-order valence-corrected chi connectivity index (χ0v) is 10.8. The highest BCUT2D eigenvalue weighted by atomic mass is 16.4. The molecule has 2 amide bonds. The molecule has 2 atom stereocenters. The number of imidazole rings is 1. The van der Waals surface area contributed by atoms with E-state index in [0.29, 0.717) is 5.69 Å². The minimum Gasteiger partial charge on any atom is -0.480 e. The first-order valence-corrected chi connectivity index (χ1v) is 5.82. The maximum atomic E-state index is 11.9. The SMILES string of the molecule is CC(=O)N[C@@H](Cc1cnc[nH]1)C(=O)N[C@@H](CO)C(=O)O. The number of amides is 2. The van der Waals surface area contributed by atoms with E-state index in [9.17, 15) is 14.4 Å². The minimum absolute atomic E-state index is 0.128. The van der Waals surface area contributed by atoms with E-state index in [1.807, 2.05) is 0 Å². The molecule has 0 spiro atoms. The standard InChI is InChI=1S/C11H16N4O5/c1-6(17)14-8(2-7-3-12-5-13-7)10(18)15-9(4-16)11(19)20/h3,5,8-9,16H,2,4H2,1H3,(H,12,13)(H,14,17)(H,15,18)(H,19,20)/t8-,9-/m0/s1. The number of rotatable bonds is 7. The van der Waals surface area contributed by atoms with E-state index in [-0.39, 0.29) is 6.42 Å². The molecule has 0 radical (unpaired) electrons. The van der Waals surface area contributed by atoms with Crippen molar-refractivity contribution in [1.82, 2.24) is 20.6 Å². The van der Waals surface area contributed by atoms with Gasteiger partial charge in [0.1, 0.15) is 12.1 Å². The van der Waals surface area contributed by atoms with Crippen LogP contribution in [0.25, 0.3) is 0 Å². The van der Waals surface area contributed by atoms with Crippen LogP contribution in [0, 0.1) is 0 Å². The molecule has 0 aliphatic heterocycles. The van der Waals surface area contributed by atoms with Gasteiger partial charge >= 0.3 is 5.97 Å². The Bertz CT molecular complexity index is 473. The van der Waals surface area contributed by atoms with Gasteiger partial charge in [0, 0.05) is 25.2 Å². The second-order valence-electron chi connectivity index (χ2n) is 4.12. The van der Waals surface area contributed by atoms with Crippen molar-refractivity contribution in [2.24, 2.45) is 0 Å². The number of nitrogens with zero attached hydrogens (tertiary/aromatic N) is 1. The van der Waals surface area contributed by atoms with Crippen LogP contribution in [0.5, 0.6) is 0 Å². The first-order chi connectivity index (χ1) is 9.43. The van der Waals surface area contributed by atoms with Crippen molar-refractivity contribution in [3.63, 3.8) is 0 Å². The van der Waals surface area contributed by atoms with E-state index in [4.69, 9.17) is 10.2 Å². The molecule has 0 aromatic carbocycles. The number of carbonyl (C=O) groups is 3. The van der Waals surface area contributed by atoms with E-state index in [1.54, 1.807) is 0 Å². The molecule has 110 valence electrons. The van der Waals surface area contributed by atoms with Gasteiger partial charge in [-0.05, 0) is 0 Å². The van der Waals surface area contributed by atoms with Crippen LogP contribution < -0.4 is 10.6 Å². The van der Waals surface area contributed by atoms with Gasteiger partial charge in [0.15, 0.2) is 0 Å². The van der Waals surface area contributed by atoms with Crippen LogP contribution >= 0.6 is 0 Å². The number of aliphatic hydroxyl groups excluding tert-OH is 1.